The Balaban J connectivity index is 1.91. The quantitative estimate of drug-likeness (QED) is 0.715. The number of hydrogen-bond donors (Lipinski definition) is 0. The van der Waals surface area contributed by atoms with E-state index in [1.54, 1.807) is 19.9 Å². The lowest BCUT2D eigenvalue weighted by molar-refractivity contribution is -0.141. The Hall–Kier alpha value is -2.24. The highest BCUT2D eigenvalue weighted by Crippen LogP contribution is 2.35. The number of likely N-dealkylation sites (tertiary alicyclic amines) is 1. The first-order chi connectivity index (χ1) is 12.6. The van der Waals surface area contributed by atoms with Gasteiger partial charge in [-0.1, -0.05) is 18.2 Å². The van der Waals surface area contributed by atoms with Crippen molar-refractivity contribution in [2.24, 2.45) is 0 Å². The molecule has 0 aliphatic carbocycles. The van der Waals surface area contributed by atoms with E-state index in [2.05, 4.69) is 12.1 Å². The lowest BCUT2D eigenvalue weighted by Crippen LogP contribution is -2.31. The van der Waals surface area contributed by atoms with Gasteiger partial charge in [0.2, 0.25) is 0 Å². The minimum absolute atomic E-state index is 0.0255. The summed E-state index contributed by atoms with van der Waals surface area (Å²) in [4.78, 5) is 15.0. The van der Waals surface area contributed by atoms with Crippen LogP contribution in [0.1, 0.15) is 57.3 Å². The largest absolute Gasteiger partial charge is 0.406 e. The molecule has 3 rings (SSSR count). The summed E-state index contributed by atoms with van der Waals surface area (Å²) >= 11 is 0. The van der Waals surface area contributed by atoms with Gasteiger partial charge in [0.15, 0.2) is 0 Å². The van der Waals surface area contributed by atoms with E-state index in [-0.39, 0.29) is 11.9 Å². The molecule has 0 N–H and O–H groups in total. The summed E-state index contributed by atoms with van der Waals surface area (Å²) in [5.74, 6) is -0.183. The van der Waals surface area contributed by atoms with Gasteiger partial charge in [0.1, 0.15) is 6.54 Å². The van der Waals surface area contributed by atoms with Crippen LogP contribution in [0.4, 0.5) is 13.2 Å². The first-order valence-corrected chi connectivity index (χ1v) is 9.20. The molecule has 0 radical (unpaired) electrons. The minimum Gasteiger partial charge on any atom is -0.339 e. The van der Waals surface area contributed by atoms with Crippen LogP contribution >= 0.6 is 0 Å². The highest BCUT2D eigenvalue weighted by Gasteiger charge is 2.34. The van der Waals surface area contributed by atoms with E-state index in [4.69, 9.17) is 0 Å². The summed E-state index contributed by atoms with van der Waals surface area (Å²) in [6, 6.07) is 7.77. The molecule has 27 heavy (non-hydrogen) atoms. The molecular formula is C21H25F3N2O. The Morgan fingerprint density at radius 1 is 1.11 bits per heavy atom. The predicted molar refractivity (Wildman–Crippen MR) is 98.9 cm³/mol. The molecule has 6 heteroatoms. The molecular weight excluding hydrogens is 353 g/mol. The molecule has 1 atom stereocenters. The summed E-state index contributed by atoms with van der Waals surface area (Å²) in [5, 5.41) is 0. The zero-order valence-corrected chi connectivity index (χ0v) is 16.2. The van der Waals surface area contributed by atoms with E-state index in [0.717, 1.165) is 18.4 Å². The average molecular weight is 378 g/mol. The van der Waals surface area contributed by atoms with Crippen molar-refractivity contribution in [1.82, 2.24) is 9.47 Å². The number of nitrogens with zero attached hydrogens (tertiary/aromatic N) is 2. The Bertz CT molecular complexity index is 867. The lowest BCUT2D eigenvalue weighted by atomic mass is 9.99. The molecule has 1 amide bonds. The molecule has 1 aliphatic heterocycles. The zero-order valence-electron chi connectivity index (χ0n) is 16.2. The second-order valence-corrected chi connectivity index (χ2v) is 7.49. The number of amides is 1. The maximum atomic E-state index is 13.2. The topological polar surface area (TPSA) is 25.2 Å². The fourth-order valence-corrected chi connectivity index (χ4v) is 3.92. The van der Waals surface area contributed by atoms with E-state index < -0.39 is 12.7 Å². The zero-order chi connectivity index (χ0) is 19.9. The Kier molecular flexibility index (Phi) is 5.10. The summed E-state index contributed by atoms with van der Waals surface area (Å²) in [6.07, 6.45) is -2.55. The Morgan fingerprint density at radius 3 is 2.44 bits per heavy atom. The van der Waals surface area contributed by atoms with Crippen LogP contribution in [0, 0.1) is 27.7 Å². The molecule has 1 aliphatic rings. The van der Waals surface area contributed by atoms with E-state index in [0.29, 0.717) is 23.5 Å². The van der Waals surface area contributed by atoms with Crippen molar-refractivity contribution in [2.75, 3.05) is 6.54 Å². The molecule has 0 bridgehead atoms. The predicted octanol–water partition coefficient (Wildman–Crippen LogP) is 5.26. The summed E-state index contributed by atoms with van der Waals surface area (Å²) in [6.45, 7) is 6.85. The van der Waals surface area contributed by atoms with Crippen molar-refractivity contribution >= 4 is 5.91 Å². The van der Waals surface area contributed by atoms with Gasteiger partial charge in [-0.2, -0.15) is 13.2 Å². The molecule has 146 valence electrons. The van der Waals surface area contributed by atoms with Gasteiger partial charge in [0, 0.05) is 17.9 Å². The van der Waals surface area contributed by atoms with Crippen molar-refractivity contribution < 1.29 is 18.0 Å². The van der Waals surface area contributed by atoms with Gasteiger partial charge in [-0.05, 0) is 63.3 Å². The van der Waals surface area contributed by atoms with Crippen LogP contribution in [-0.2, 0) is 6.54 Å². The van der Waals surface area contributed by atoms with E-state index in [1.165, 1.54) is 15.7 Å². The number of halogens is 3. The number of benzene rings is 1. The van der Waals surface area contributed by atoms with Crippen LogP contribution < -0.4 is 0 Å². The fraction of sp³-hybridized carbons (Fsp3) is 0.476. The molecule has 1 aromatic carbocycles. The van der Waals surface area contributed by atoms with Crippen molar-refractivity contribution in [1.29, 1.82) is 0 Å². The summed E-state index contributed by atoms with van der Waals surface area (Å²) in [5.41, 5.74) is 4.66. The van der Waals surface area contributed by atoms with E-state index in [9.17, 15) is 18.0 Å². The van der Waals surface area contributed by atoms with Gasteiger partial charge in [-0.3, -0.25) is 4.79 Å². The third-order valence-electron chi connectivity index (χ3n) is 5.57. The standard InChI is InChI=1S/C21H25F3N2O/c1-13-7-8-17(10-14(13)2)19-6-5-9-25(19)20(27)18-11-15(3)26(16(18)4)12-21(22,23)24/h7-8,10-11,19H,5-6,9,12H2,1-4H3/t19-/m0/s1. The molecule has 0 spiro atoms. The fourth-order valence-electron chi connectivity index (χ4n) is 3.92. The third kappa shape index (κ3) is 3.89. The number of hydrogen-bond acceptors (Lipinski definition) is 1. The van der Waals surface area contributed by atoms with Crippen LogP contribution in [0.3, 0.4) is 0 Å². The number of rotatable bonds is 3. The van der Waals surface area contributed by atoms with Gasteiger partial charge >= 0.3 is 6.18 Å². The number of carbonyl (C=O) groups is 1. The SMILES string of the molecule is Cc1ccc([C@@H]2CCCN2C(=O)c2cc(C)n(CC(F)(F)F)c2C)cc1C. The molecule has 0 unspecified atom stereocenters. The van der Waals surface area contributed by atoms with Gasteiger partial charge in [-0.25, -0.2) is 0 Å². The molecule has 1 aromatic heterocycles. The van der Waals surface area contributed by atoms with Crippen LogP contribution in [0.15, 0.2) is 24.3 Å². The molecule has 1 saturated heterocycles. The Morgan fingerprint density at radius 2 is 1.81 bits per heavy atom. The van der Waals surface area contributed by atoms with E-state index >= 15 is 0 Å². The summed E-state index contributed by atoms with van der Waals surface area (Å²) in [7, 11) is 0. The van der Waals surface area contributed by atoms with Crippen molar-refractivity contribution in [3.05, 3.63) is 57.9 Å². The third-order valence-corrected chi connectivity index (χ3v) is 5.57. The van der Waals surface area contributed by atoms with Gasteiger partial charge < -0.3 is 9.47 Å². The summed E-state index contributed by atoms with van der Waals surface area (Å²) < 4.78 is 39.7. The van der Waals surface area contributed by atoms with Crippen molar-refractivity contribution in [3.8, 4) is 0 Å². The highest BCUT2D eigenvalue weighted by atomic mass is 19.4. The maximum absolute atomic E-state index is 13.2. The lowest BCUT2D eigenvalue weighted by Gasteiger charge is -2.26. The normalized spacial score (nSPS) is 17.6. The molecule has 1 fully saturated rings. The smallest absolute Gasteiger partial charge is 0.339 e. The molecule has 2 heterocycles. The van der Waals surface area contributed by atoms with Crippen LogP contribution in [0.5, 0.6) is 0 Å². The first-order valence-electron chi connectivity index (χ1n) is 9.20. The van der Waals surface area contributed by atoms with Crippen LogP contribution in [0.2, 0.25) is 0 Å². The maximum Gasteiger partial charge on any atom is 0.406 e. The van der Waals surface area contributed by atoms with Gasteiger partial charge in [0.25, 0.3) is 5.91 Å². The van der Waals surface area contributed by atoms with Crippen LogP contribution in [-0.4, -0.2) is 28.1 Å². The molecule has 3 nitrogen and oxygen atoms in total. The van der Waals surface area contributed by atoms with Crippen molar-refractivity contribution in [3.63, 3.8) is 0 Å². The Labute approximate surface area is 157 Å². The number of carbonyl (C=O) groups excluding carboxylic acids is 1. The second-order valence-electron chi connectivity index (χ2n) is 7.49. The number of aromatic nitrogens is 1. The first kappa shape index (κ1) is 19.5. The van der Waals surface area contributed by atoms with Gasteiger partial charge in [-0.15, -0.1) is 0 Å². The van der Waals surface area contributed by atoms with Gasteiger partial charge in [0.05, 0.1) is 11.6 Å². The highest BCUT2D eigenvalue weighted by molar-refractivity contribution is 5.96. The minimum atomic E-state index is -4.32. The number of aryl methyl sites for hydroxylation is 3. The van der Waals surface area contributed by atoms with Crippen LogP contribution in [0.25, 0.3) is 0 Å². The molecule has 0 saturated carbocycles. The number of alkyl halides is 3. The second kappa shape index (κ2) is 7.06. The monoisotopic (exact) mass is 378 g/mol. The van der Waals surface area contributed by atoms with E-state index in [1.807, 2.05) is 24.8 Å². The van der Waals surface area contributed by atoms with Crippen molar-refractivity contribution in [2.45, 2.75) is 59.3 Å². The molecule has 2 aromatic rings. The average Bonchev–Trinajstić information content (AvgIpc) is 3.16.